The molecular formula is C8H13BNO2S. The number of aromatic nitrogens is 1. The summed E-state index contributed by atoms with van der Waals surface area (Å²) in [4.78, 5) is 5.10. The van der Waals surface area contributed by atoms with Crippen LogP contribution in [-0.4, -0.2) is 33.2 Å². The third-order valence-electron chi connectivity index (χ3n) is 1.30. The minimum absolute atomic E-state index is 0. The molecule has 0 N–H and O–H groups in total. The van der Waals surface area contributed by atoms with Gasteiger partial charge in [-0.1, -0.05) is 0 Å². The highest BCUT2D eigenvalue weighted by Crippen LogP contribution is 2.06. The molecular weight excluding hydrogens is 185 g/mol. The van der Waals surface area contributed by atoms with Gasteiger partial charge in [-0.05, 0) is 6.92 Å². The third-order valence-corrected chi connectivity index (χ3v) is 2.06. The molecule has 3 radical (unpaired) electrons. The van der Waals surface area contributed by atoms with Crippen LogP contribution in [0, 0.1) is 0 Å². The Morgan fingerprint density at radius 3 is 2.77 bits per heavy atom. The van der Waals surface area contributed by atoms with Gasteiger partial charge in [-0.25, -0.2) is 0 Å². The van der Waals surface area contributed by atoms with E-state index in [1.807, 2.05) is 13.1 Å². The van der Waals surface area contributed by atoms with Crippen LogP contribution in [0.4, 0.5) is 0 Å². The number of ether oxygens (including phenoxy) is 2. The highest BCUT2D eigenvalue weighted by atomic mass is 32.1. The van der Waals surface area contributed by atoms with Crippen LogP contribution in [0.2, 0.25) is 0 Å². The highest BCUT2D eigenvalue weighted by molar-refractivity contribution is 7.09. The molecule has 13 heavy (non-hydrogen) atoms. The molecule has 1 heterocycles. The maximum Gasteiger partial charge on any atom is 0.0826 e. The van der Waals surface area contributed by atoms with E-state index >= 15 is 0 Å². The summed E-state index contributed by atoms with van der Waals surface area (Å²) in [6.45, 7) is 4.71. The second-order valence-electron chi connectivity index (χ2n) is 2.22. The highest BCUT2D eigenvalue weighted by Gasteiger charge is 1.93. The number of thiazole rings is 1. The molecule has 0 saturated carbocycles. The first-order chi connectivity index (χ1) is 5.93. The minimum Gasteiger partial charge on any atom is -0.379 e. The molecule has 0 aliphatic heterocycles. The monoisotopic (exact) mass is 198 g/mol. The first-order valence-corrected chi connectivity index (χ1v) is 4.84. The Hall–Kier alpha value is -0.385. The molecule has 1 rings (SSSR count). The van der Waals surface area contributed by atoms with Crippen LogP contribution < -0.4 is 0 Å². The van der Waals surface area contributed by atoms with E-state index in [2.05, 4.69) is 4.98 Å². The molecule has 0 aliphatic rings. The van der Waals surface area contributed by atoms with E-state index in [1.165, 1.54) is 0 Å². The Labute approximate surface area is 84.7 Å². The predicted molar refractivity (Wildman–Crippen MR) is 54.0 cm³/mol. The van der Waals surface area contributed by atoms with Crippen LogP contribution >= 0.6 is 11.3 Å². The van der Waals surface area contributed by atoms with Crippen LogP contribution in [-0.2, 0) is 16.1 Å². The minimum atomic E-state index is 0. The van der Waals surface area contributed by atoms with Crippen molar-refractivity contribution in [3.8, 4) is 0 Å². The smallest absolute Gasteiger partial charge is 0.0826 e. The van der Waals surface area contributed by atoms with Crippen LogP contribution in [0.1, 0.15) is 11.8 Å². The van der Waals surface area contributed by atoms with E-state index in [4.69, 9.17) is 9.47 Å². The zero-order valence-corrected chi connectivity index (χ0v) is 8.55. The third kappa shape index (κ3) is 5.79. The zero-order valence-electron chi connectivity index (χ0n) is 7.73. The fraction of sp³-hybridized carbons (Fsp3) is 0.625. The van der Waals surface area contributed by atoms with Crippen molar-refractivity contribution in [2.75, 3.05) is 19.8 Å². The van der Waals surface area contributed by atoms with Crippen molar-refractivity contribution < 1.29 is 9.47 Å². The summed E-state index contributed by atoms with van der Waals surface area (Å²) in [5.41, 5.74) is 1.81. The lowest BCUT2D eigenvalue weighted by Gasteiger charge is -2.01. The van der Waals surface area contributed by atoms with Crippen molar-refractivity contribution in [1.29, 1.82) is 0 Å². The summed E-state index contributed by atoms with van der Waals surface area (Å²) in [5, 5.41) is 0. The van der Waals surface area contributed by atoms with E-state index in [9.17, 15) is 0 Å². The zero-order chi connectivity index (χ0) is 8.65. The Morgan fingerprint density at radius 1 is 1.38 bits per heavy atom. The van der Waals surface area contributed by atoms with Gasteiger partial charge in [-0.15, -0.1) is 11.3 Å². The second kappa shape index (κ2) is 8.22. The molecule has 0 saturated heterocycles. The molecule has 0 atom stereocenters. The predicted octanol–water partition coefficient (Wildman–Crippen LogP) is 1.32. The summed E-state index contributed by atoms with van der Waals surface area (Å²) in [5.74, 6) is 0. The van der Waals surface area contributed by atoms with Gasteiger partial charge in [0, 0.05) is 21.2 Å². The van der Waals surface area contributed by atoms with Crippen molar-refractivity contribution in [3.05, 3.63) is 16.6 Å². The summed E-state index contributed by atoms with van der Waals surface area (Å²) < 4.78 is 10.4. The average molecular weight is 198 g/mol. The Balaban J connectivity index is 0.00000144. The molecule has 0 aromatic carbocycles. The van der Waals surface area contributed by atoms with Crippen molar-refractivity contribution in [1.82, 2.24) is 4.98 Å². The van der Waals surface area contributed by atoms with Gasteiger partial charge < -0.3 is 9.47 Å². The van der Waals surface area contributed by atoms with Gasteiger partial charge in [0.25, 0.3) is 0 Å². The summed E-state index contributed by atoms with van der Waals surface area (Å²) in [7, 11) is 0. The molecule has 0 amide bonds. The maximum atomic E-state index is 5.33. The summed E-state index contributed by atoms with van der Waals surface area (Å²) >= 11 is 1.61. The topological polar surface area (TPSA) is 31.4 Å². The fourth-order valence-electron chi connectivity index (χ4n) is 0.748. The Morgan fingerprint density at radius 2 is 2.15 bits per heavy atom. The molecule has 0 fully saturated rings. The Kier molecular flexibility index (Phi) is 7.98. The van der Waals surface area contributed by atoms with Crippen molar-refractivity contribution >= 4 is 19.7 Å². The second-order valence-corrected chi connectivity index (χ2v) is 3.19. The van der Waals surface area contributed by atoms with E-state index in [0.717, 1.165) is 11.5 Å². The van der Waals surface area contributed by atoms with Crippen LogP contribution in [0.5, 0.6) is 0 Å². The maximum absolute atomic E-state index is 5.33. The molecule has 0 aliphatic carbocycles. The number of rotatable bonds is 6. The first kappa shape index (κ1) is 12.6. The van der Waals surface area contributed by atoms with Gasteiger partial charge in [-0.3, -0.25) is 4.98 Å². The molecule has 0 spiro atoms. The lowest BCUT2D eigenvalue weighted by Crippen LogP contribution is -2.03. The van der Waals surface area contributed by atoms with Gasteiger partial charge in [0.15, 0.2) is 0 Å². The lowest BCUT2D eigenvalue weighted by molar-refractivity contribution is 0.0462. The number of hydrogen-bond donors (Lipinski definition) is 0. The molecule has 5 heteroatoms. The van der Waals surface area contributed by atoms with Crippen LogP contribution in [0.3, 0.4) is 0 Å². The van der Waals surface area contributed by atoms with Gasteiger partial charge in [0.2, 0.25) is 0 Å². The molecule has 3 nitrogen and oxygen atoms in total. The van der Waals surface area contributed by atoms with Gasteiger partial charge >= 0.3 is 0 Å². The molecule has 0 unspecified atom stereocenters. The molecule has 1 aromatic heterocycles. The Bertz CT molecular complexity index is 194. The molecule has 71 valence electrons. The van der Waals surface area contributed by atoms with E-state index < -0.39 is 0 Å². The average Bonchev–Trinajstić information content (AvgIpc) is 2.57. The van der Waals surface area contributed by atoms with Crippen LogP contribution in [0.25, 0.3) is 0 Å². The molecule has 1 aromatic rings. The van der Waals surface area contributed by atoms with Crippen molar-refractivity contribution in [2.45, 2.75) is 13.5 Å². The fourth-order valence-corrected chi connectivity index (χ4v) is 1.28. The van der Waals surface area contributed by atoms with Gasteiger partial charge in [0.05, 0.1) is 30.2 Å². The van der Waals surface area contributed by atoms with Crippen molar-refractivity contribution in [2.24, 2.45) is 0 Å². The lowest BCUT2D eigenvalue weighted by atomic mass is 10.6. The normalized spacial score (nSPS) is 9.62. The van der Waals surface area contributed by atoms with E-state index in [1.54, 1.807) is 16.8 Å². The molecule has 0 bridgehead atoms. The van der Waals surface area contributed by atoms with Crippen molar-refractivity contribution in [3.63, 3.8) is 0 Å². The van der Waals surface area contributed by atoms with Crippen LogP contribution in [0.15, 0.2) is 11.7 Å². The summed E-state index contributed by atoms with van der Waals surface area (Å²) in [6, 6.07) is 0. The van der Waals surface area contributed by atoms with Gasteiger partial charge in [0.1, 0.15) is 0 Å². The van der Waals surface area contributed by atoms with E-state index in [0.29, 0.717) is 19.8 Å². The largest absolute Gasteiger partial charge is 0.379 e. The summed E-state index contributed by atoms with van der Waals surface area (Å²) in [6.07, 6.45) is 1.82. The first-order valence-electron chi connectivity index (χ1n) is 3.96. The number of nitrogens with zero attached hydrogens (tertiary/aromatic N) is 1. The van der Waals surface area contributed by atoms with E-state index in [-0.39, 0.29) is 8.41 Å². The SMILES string of the molecule is CCOCCOCc1cncs1.[B]. The van der Waals surface area contributed by atoms with Gasteiger partial charge in [-0.2, -0.15) is 0 Å². The quantitative estimate of drug-likeness (QED) is 0.510. The number of hydrogen-bond acceptors (Lipinski definition) is 4. The standard InChI is InChI=1S/C8H13NO2S.B/c1-2-10-3-4-11-6-8-5-9-7-12-8;/h5,7H,2-4,6H2,1H3;.